The van der Waals surface area contributed by atoms with Gasteiger partial charge in [0.05, 0.1) is 22.6 Å². The van der Waals surface area contributed by atoms with E-state index in [2.05, 4.69) is 69.7 Å². The number of aryl methyl sites for hydroxylation is 2. The van der Waals surface area contributed by atoms with Crippen LogP contribution < -0.4 is 0 Å². The van der Waals surface area contributed by atoms with E-state index in [1.807, 2.05) is 6.07 Å². The number of rotatable bonds is 2. The lowest BCUT2D eigenvalue weighted by Gasteiger charge is -2.11. The SMILES string of the molecule is Cc1ccc2c(c1)nc(CCl)n2-c1cccc(C)c1Br. The van der Waals surface area contributed by atoms with Crippen LogP contribution in [-0.2, 0) is 5.88 Å². The van der Waals surface area contributed by atoms with Crippen LogP contribution in [0.1, 0.15) is 17.0 Å². The lowest BCUT2D eigenvalue weighted by molar-refractivity contribution is 0.974. The van der Waals surface area contributed by atoms with E-state index in [0.717, 1.165) is 27.0 Å². The van der Waals surface area contributed by atoms with Crippen LogP contribution in [0.15, 0.2) is 40.9 Å². The summed E-state index contributed by atoms with van der Waals surface area (Å²) in [6.45, 7) is 4.15. The molecule has 0 radical (unpaired) electrons. The van der Waals surface area contributed by atoms with Crippen molar-refractivity contribution < 1.29 is 0 Å². The molecule has 2 aromatic carbocycles. The molecule has 3 rings (SSSR count). The number of benzene rings is 2. The summed E-state index contributed by atoms with van der Waals surface area (Å²) in [5.41, 5.74) is 5.53. The average Bonchev–Trinajstić information content (AvgIpc) is 2.79. The number of hydrogen-bond donors (Lipinski definition) is 0. The summed E-state index contributed by atoms with van der Waals surface area (Å²) < 4.78 is 3.20. The van der Waals surface area contributed by atoms with Crippen LogP contribution in [0.3, 0.4) is 0 Å². The Morgan fingerprint density at radius 3 is 2.75 bits per heavy atom. The Morgan fingerprint density at radius 1 is 1.20 bits per heavy atom. The van der Waals surface area contributed by atoms with Crippen molar-refractivity contribution in [2.45, 2.75) is 19.7 Å². The van der Waals surface area contributed by atoms with Crippen molar-refractivity contribution in [2.75, 3.05) is 0 Å². The van der Waals surface area contributed by atoms with E-state index in [1.54, 1.807) is 0 Å². The van der Waals surface area contributed by atoms with Gasteiger partial charge in [-0.2, -0.15) is 0 Å². The Hall–Kier alpha value is -1.32. The lowest BCUT2D eigenvalue weighted by Crippen LogP contribution is -2.01. The molecule has 0 saturated heterocycles. The van der Waals surface area contributed by atoms with Crippen LogP contribution in [-0.4, -0.2) is 9.55 Å². The average molecular weight is 350 g/mol. The monoisotopic (exact) mass is 348 g/mol. The van der Waals surface area contributed by atoms with Gasteiger partial charge in [-0.1, -0.05) is 18.2 Å². The van der Waals surface area contributed by atoms with Crippen molar-refractivity contribution >= 4 is 38.6 Å². The molecular formula is C16H14BrClN2. The van der Waals surface area contributed by atoms with E-state index in [1.165, 1.54) is 11.1 Å². The highest BCUT2D eigenvalue weighted by Gasteiger charge is 2.14. The highest BCUT2D eigenvalue weighted by atomic mass is 79.9. The van der Waals surface area contributed by atoms with Crippen molar-refractivity contribution in [3.05, 3.63) is 57.8 Å². The second-order valence-electron chi connectivity index (χ2n) is 4.90. The molecule has 3 aromatic rings. The Kier molecular flexibility index (Phi) is 3.57. The van der Waals surface area contributed by atoms with Crippen molar-refractivity contribution in [3.63, 3.8) is 0 Å². The third kappa shape index (κ3) is 2.15. The molecule has 4 heteroatoms. The quantitative estimate of drug-likeness (QED) is 0.585. The maximum Gasteiger partial charge on any atom is 0.129 e. The summed E-state index contributed by atoms with van der Waals surface area (Å²) in [6, 6.07) is 12.5. The largest absolute Gasteiger partial charge is 0.294 e. The first-order valence-electron chi connectivity index (χ1n) is 6.41. The molecule has 0 saturated carbocycles. The second kappa shape index (κ2) is 5.23. The normalized spacial score (nSPS) is 11.2. The number of hydrogen-bond acceptors (Lipinski definition) is 1. The number of halogens is 2. The lowest BCUT2D eigenvalue weighted by atomic mass is 10.2. The number of aromatic nitrogens is 2. The zero-order chi connectivity index (χ0) is 14.3. The van der Waals surface area contributed by atoms with Gasteiger partial charge in [0.15, 0.2) is 0 Å². The van der Waals surface area contributed by atoms with Crippen LogP contribution in [0.4, 0.5) is 0 Å². The molecule has 0 spiro atoms. The van der Waals surface area contributed by atoms with E-state index in [9.17, 15) is 0 Å². The van der Waals surface area contributed by atoms with Crippen LogP contribution >= 0.6 is 27.5 Å². The van der Waals surface area contributed by atoms with Gasteiger partial charge in [-0.05, 0) is 59.1 Å². The fourth-order valence-electron chi connectivity index (χ4n) is 2.40. The molecule has 0 fully saturated rings. The highest BCUT2D eigenvalue weighted by Crippen LogP contribution is 2.30. The van der Waals surface area contributed by atoms with Gasteiger partial charge in [0.25, 0.3) is 0 Å². The zero-order valence-electron chi connectivity index (χ0n) is 11.3. The van der Waals surface area contributed by atoms with Gasteiger partial charge in [0.1, 0.15) is 5.82 Å². The number of imidazole rings is 1. The molecule has 0 aliphatic rings. The van der Waals surface area contributed by atoms with Crippen LogP contribution in [0.25, 0.3) is 16.7 Å². The first-order valence-corrected chi connectivity index (χ1v) is 7.74. The fraction of sp³-hybridized carbons (Fsp3) is 0.188. The van der Waals surface area contributed by atoms with E-state index in [0.29, 0.717) is 5.88 Å². The van der Waals surface area contributed by atoms with Crippen molar-refractivity contribution in [1.29, 1.82) is 0 Å². The van der Waals surface area contributed by atoms with Crippen molar-refractivity contribution in [2.24, 2.45) is 0 Å². The van der Waals surface area contributed by atoms with Crippen LogP contribution in [0, 0.1) is 13.8 Å². The van der Waals surface area contributed by atoms with E-state index >= 15 is 0 Å². The minimum Gasteiger partial charge on any atom is -0.294 e. The second-order valence-corrected chi connectivity index (χ2v) is 5.96. The standard InChI is InChI=1S/C16H14BrClN2/c1-10-6-7-13-12(8-10)19-15(9-18)20(13)14-5-3-4-11(2)16(14)17/h3-8H,9H2,1-2H3. The van der Waals surface area contributed by atoms with Gasteiger partial charge in [0.2, 0.25) is 0 Å². The molecular weight excluding hydrogens is 336 g/mol. The predicted octanol–water partition coefficient (Wildman–Crippen LogP) is 5.14. The number of alkyl halides is 1. The molecule has 0 amide bonds. The van der Waals surface area contributed by atoms with Crippen LogP contribution in [0.2, 0.25) is 0 Å². The van der Waals surface area contributed by atoms with Crippen molar-refractivity contribution in [3.8, 4) is 5.69 Å². The molecule has 0 aliphatic heterocycles. The molecule has 0 aliphatic carbocycles. The van der Waals surface area contributed by atoms with Gasteiger partial charge in [-0.3, -0.25) is 4.57 Å². The first-order chi connectivity index (χ1) is 9.61. The highest BCUT2D eigenvalue weighted by molar-refractivity contribution is 9.10. The summed E-state index contributed by atoms with van der Waals surface area (Å²) in [7, 11) is 0. The molecule has 2 nitrogen and oxygen atoms in total. The van der Waals surface area contributed by atoms with Gasteiger partial charge in [-0.15, -0.1) is 11.6 Å². The van der Waals surface area contributed by atoms with E-state index in [-0.39, 0.29) is 0 Å². The van der Waals surface area contributed by atoms with Gasteiger partial charge >= 0.3 is 0 Å². The van der Waals surface area contributed by atoms with Crippen molar-refractivity contribution in [1.82, 2.24) is 9.55 Å². The van der Waals surface area contributed by atoms with Gasteiger partial charge < -0.3 is 0 Å². The molecule has 1 aromatic heterocycles. The summed E-state index contributed by atoms with van der Waals surface area (Å²) in [5.74, 6) is 1.24. The van der Waals surface area contributed by atoms with E-state index < -0.39 is 0 Å². The van der Waals surface area contributed by atoms with Crippen LogP contribution in [0.5, 0.6) is 0 Å². The topological polar surface area (TPSA) is 17.8 Å². The predicted molar refractivity (Wildman–Crippen MR) is 87.8 cm³/mol. The van der Waals surface area contributed by atoms with Gasteiger partial charge in [0, 0.05) is 4.47 Å². The molecule has 0 atom stereocenters. The Labute approximate surface area is 131 Å². The Bertz CT molecular complexity index is 793. The summed E-state index contributed by atoms with van der Waals surface area (Å²) in [4.78, 5) is 4.65. The summed E-state index contributed by atoms with van der Waals surface area (Å²) in [6.07, 6.45) is 0. The first kappa shape index (κ1) is 13.7. The minimum absolute atomic E-state index is 0.383. The molecule has 0 N–H and O–H groups in total. The third-order valence-electron chi connectivity index (χ3n) is 3.41. The molecule has 0 unspecified atom stereocenters. The minimum atomic E-state index is 0.383. The Balaban J connectivity index is 2.37. The summed E-state index contributed by atoms with van der Waals surface area (Å²) in [5, 5.41) is 0. The smallest absolute Gasteiger partial charge is 0.129 e. The molecule has 102 valence electrons. The summed E-state index contributed by atoms with van der Waals surface area (Å²) >= 11 is 9.76. The molecule has 20 heavy (non-hydrogen) atoms. The maximum absolute atomic E-state index is 6.09. The Morgan fingerprint density at radius 2 is 2.00 bits per heavy atom. The molecule has 1 heterocycles. The maximum atomic E-state index is 6.09. The molecule has 0 bridgehead atoms. The fourth-order valence-corrected chi connectivity index (χ4v) is 3.02. The van der Waals surface area contributed by atoms with Gasteiger partial charge in [-0.25, -0.2) is 4.98 Å². The number of fused-ring (bicyclic) bond motifs is 1. The van der Waals surface area contributed by atoms with E-state index in [4.69, 9.17) is 11.6 Å². The zero-order valence-corrected chi connectivity index (χ0v) is 13.7. The number of nitrogens with zero attached hydrogens (tertiary/aromatic N) is 2. The third-order valence-corrected chi connectivity index (χ3v) is 4.68.